The summed E-state index contributed by atoms with van der Waals surface area (Å²) in [6, 6.07) is 0.0694. The van der Waals surface area contributed by atoms with Gasteiger partial charge in [0.25, 0.3) is 0 Å². The number of aromatic nitrogens is 2. The molecule has 1 aliphatic rings. The molecule has 1 saturated carbocycles. The first-order valence-corrected chi connectivity index (χ1v) is 6.86. The van der Waals surface area contributed by atoms with Gasteiger partial charge in [-0.3, -0.25) is 0 Å². The van der Waals surface area contributed by atoms with Crippen LogP contribution in [0.25, 0.3) is 0 Å². The summed E-state index contributed by atoms with van der Waals surface area (Å²) in [4.78, 5) is 1.03. The van der Waals surface area contributed by atoms with Crippen LogP contribution in [0.3, 0.4) is 0 Å². The van der Waals surface area contributed by atoms with Crippen molar-refractivity contribution in [3.05, 3.63) is 6.20 Å². The molecule has 3 N–H and O–H groups in total. The first-order valence-electron chi connectivity index (χ1n) is 5.88. The molecule has 0 saturated heterocycles. The van der Waals surface area contributed by atoms with Gasteiger partial charge in [-0.25, -0.2) is 4.68 Å². The summed E-state index contributed by atoms with van der Waals surface area (Å²) in [5.41, 5.74) is 6.05. The van der Waals surface area contributed by atoms with Crippen LogP contribution in [0.5, 0.6) is 0 Å². The highest BCUT2D eigenvalue weighted by Crippen LogP contribution is 2.33. The van der Waals surface area contributed by atoms with E-state index in [9.17, 15) is 5.11 Å². The lowest BCUT2D eigenvalue weighted by Gasteiger charge is -2.28. The number of aliphatic hydroxyl groups excluding tert-OH is 1. The molecule has 5 heteroatoms. The number of anilines is 1. The molecule has 1 aliphatic carbocycles. The minimum atomic E-state index is -0.296. The first-order chi connectivity index (χ1) is 7.74. The average Bonchev–Trinajstić information content (AvgIpc) is 2.62. The summed E-state index contributed by atoms with van der Waals surface area (Å²) in [6.07, 6.45) is 5.61. The van der Waals surface area contributed by atoms with Crippen molar-refractivity contribution in [1.82, 2.24) is 9.78 Å². The molecule has 2 unspecified atom stereocenters. The summed E-state index contributed by atoms with van der Waals surface area (Å²) >= 11 is 1.70. The second kappa shape index (κ2) is 5.10. The zero-order valence-electron chi connectivity index (χ0n) is 9.59. The Labute approximate surface area is 100 Å². The highest BCUT2D eigenvalue weighted by Gasteiger charge is 2.27. The summed E-state index contributed by atoms with van der Waals surface area (Å²) < 4.78 is 1.81. The van der Waals surface area contributed by atoms with Crippen LogP contribution in [0.15, 0.2) is 11.1 Å². The van der Waals surface area contributed by atoms with Gasteiger partial charge in [0.05, 0.1) is 23.2 Å². The SMILES string of the molecule is CCSc1cnn(C2CCCCC2O)c1N. The largest absolute Gasteiger partial charge is 0.391 e. The molecule has 1 aromatic heterocycles. The molecule has 0 spiro atoms. The Kier molecular flexibility index (Phi) is 3.76. The molecule has 1 aromatic rings. The maximum absolute atomic E-state index is 9.96. The standard InChI is InChI=1S/C11H19N3OS/c1-2-16-10-7-13-14(11(10)12)8-5-3-4-6-9(8)15/h7-9,15H,2-6,12H2,1H3. The number of hydrogen-bond acceptors (Lipinski definition) is 4. The normalized spacial score (nSPS) is 25.9. The molecule has 0 aromatic carbocycles. The molecule has 90 valence electrons. The molecule has 0 radical (unpaired) electrons. The smallest absolute Gasteiger partial charge is 0.135 e. The maximum atomic E-state index is 9.96. The molecule has 0 aliphatic heterocycles. The monoisotopic (exact) mass is 241 g/mol. The van der Waals surface area contributed by atoms with Gasteiger partial charge in [0.2, 0.25) is 0 Å². The third kappa shape index (κ3) is 2.20. The van der Waals surface area contributed by atoms with E-state index in [0.29, 0.717) is 5.82 Å². The van der Waals surface area contributed by atoms with Crippen molar-refractivity contribution in [2.45, 2.75) is 49.6 Å². The highest BCUT2D eigenvalue weighted by molar-refractivity contribution is 7.99. The fourth-order valence-corrected chi connectivity index (χ4v) is 2.94. The van der Waals surface area contributed by atoms with Gasteiger partial charge in [-0.05, 0) is 18.6 Å². The summed E-state index contributed by atoms with van der Waals surface area (Å²) in [5, 5.41) is 14.3. The van der Waals surface area contributed by atoms with Crippen LogP contribution in [0.1, 0.15) is 38.6 Å². The number of nitrogens with zero attached hydrogens (tertiary/aromatic N) is 2. The molecule has 0 amide bonds. The zero-order chi connectivity index (χ0) is 11.5. The van der Waals surface area contributed by atoms with Crippen LogP contribution in [0.4, 0.5) is 5.82 Å². The predicted molar refractivity (Wildman–Crippen MR) is 66.5 cm³/mol. The Bertz CT molecular complexity index is 353. The van der Waals surface area contributed by atoms with Gasteiger partial charge in [0, 0.05) is 0 Å². The second-order valence-corrected chi connectivity index (χ2v) is 5.50. The van der Waals surface area contributed by atoms with Gasteiger partial charge in [-0.2, -0.15) is 5.10 Å². The fraction of sp³-hybridized carbons (Fsp3) is 0.727. The van der Waals surface area contributed by atoms with Crippen molar-refractivity contribution in [2.24, 2.45) is 0 Å². The van der Waals surface area contributed by atoms with Crippen molar-refractivity contribution in [2.75, 3.05) is 11.5 Å². The van der Waals surface area contributed by atoms with E-state index in [1.54, 1.807) is 11.8 Å². The lowest BCUT2D eigenvalue weighted by Crippen LogP contribution is -2.29. The van der Waals surface area contributed by atoms with Crippen LogP contribution in [0.2, 0.25) is 0 Å². The Morgan fingerprint density at radius 3 is 3.00 bits per heavy atom. The third-order valence-corrected chi connectivity index (χ3v) is 4.02. The number of thioether (sulfide) groups is 1. The first kappa shape index (κ1) is 11.8. The highest BCUT2D eigenvalue weighted by atomic mass is 32.2. The van der Waals surface area contributed by atoms with E-state index in [1.165, 1.54) is 0 Å². The van der Waals surface area contributed by atoms with Crippen LogP contribution >= 0.6 is 11.8 Å². The predicted octanol–water partition coefficient (Wildman–Crippen LogP) is 2.05. The van der Waals surface area contributed by atoms with E-state index in [0.717, 1.165) is 36.3 Å². The van der Waals surface area contributed by atoms with Crippen LogP contribution in [0, 0.1) is 0 Å². The van der Waals surface area contributed by atoms with Gasteiger partial charge in [0.15, 0.2) is 0 Å². The number of aliphatic hydroxyl groups is 1. The van der Waals surface area contributed by atoms with E-state index in [4.69, 9.17) is 5.73 Å². The molecule has 2 atom stereocenters. The van der Waals surface area contributed by atoms with E-state index >= 15 is 0 Å². The van der Waals surface area contributed by atoms with Crippen LogP contribution in [-0.4, -0.2) is 26.7 Å². The van der Waals surface area contributed by atoms with Gasteiger partial charge < -0.3 is 10.8 Å². The molecule has 1 fully saturated rings. The van der Waals surface area contributed by atoms with Crippen LogP contribution in [-0.2, 0) is 0 Å². The third-order valence-electron chi connectivity index (χ3n) is 3.11. The topological polar surface area (TPSA) is 64.1 Å². The number of nitrogens with two attached hydrogens (primary N) is 1. The van der Waals surface area contributed by atoms with Gasteiger partial charge in [-0.15, -0.1) is 11.8 Å². The molecule has 2 rings (SSSR count). The maximum Gasteiger partial charge on any atom is 0.135 e. The fourth-order valence-electron chi connectivity index (χ4n) is 2.26. The van der Waals surface area contributed by atoms with Gasteiger partial charge >= 0.3 is 0 Å². The van der Waals surface area contributed by atoms with Crippen molar-refractivity contribution in [3.63, 3.8) is 0 Å². The van der Waals surface area contributed by atoms with E-state index in [1.807, 2.05) is 10.9 Å². The van der Waals surface area contributed by atoms with Crippen molar-refractivity contribution in [3.8, 4) is 0 Å². The molecule has 4 nitrogen and oxygen atoms in total. The minimum Gasteiger partial charge on any atom is -0.391 e. The number of hydrogen-bond donors (Lipinski definition) is 2. The summed E-state index contributed by atoms with van der Waals surface area (Å²) in [5.74, 6) is 1.70. The summed E-state index contributed by atoms with van der Waals surface area (Å²) in [7, 11) is 0. The Morgan fingerprint density at radius 2 is 2.31 bits per heavy atom. The number of rotatable bonds is 3. The Morgan fingerprint density at radius 1 is 1.56 bits per heavy atom. The van der Waals surface area contributed by atoms with E-state index < -0.39 is 0 Å². The molecule has 16 heavy (non-hydrogen) atoms. The Balaban J connectivity index is 2.19. The molecular weight excluding hydrogens is 222 g/mol. The van der Waals surface area contributed by atoms with Crippen LogP contribution < -0.4 is 5.73 Å². The van der Waals surface area contributed by atoms with E-state index in [2.05, 4.69) is 12.0 Å². The second-order valence-electron chi connectivity index (χ2n) is 4.19. The lowest BCUT2D eigenvalue weighted by atomic mass is 9.93. The minimum absolute atomic E-state index is 0.0694. The zero-order valence-corrected chi connectivity index (χ0v) is 10.4. The quantitative estimate of drug-likeness (QED) is 0.795. The summed E-state index contributed by atoms with van der Waals surface area (Å²) in [6.45, 7) is 2.09. The van der Waals surface area contributed by atoms with Gasteiger partial charge in [-0.1, -0.05) is 19.8 Å². The average molecular weight is 241 g/mol. The lowest BCUT2D eigenvalue weighted by molar-refractivity contribution is 0.0705. The number of nitrogen functional groups attached to an aromatic ring is 1. The molecule has 0 bridgehead atoms. The molecule has 1 heterocycles. The van der Waals surface area contributed by atoms with Crippen molar-refractivity contribution < 1.29 is 5.11 Å². The molecular formula is C11H19N3OS. The van der Waals surface area contributed by atoms with E-state index in [-0.39, 0.29) is 12.1 Å². The Hall–Kier alpha value is -0.680. The van der Waals surface area contributed by atoms with Crippen molar-refractivity contribution >= 4 is 17.6 Å². The van der Waals surface area contributed by atoms with Gasteiger partial charge in [0.1, 0.15) is 5.82 Å². The van der Waals surface area contributed by atoms with Crippen molar-refractivity contribution in [1.29, 1.82) is 0 Å².